The van der Waals surface area contributed by atoms with Crippen LogP contribution in [0, 0.1) is 0 Å². The molecule has 0 unspecified atom stereocenters. The molecule has 7 nitrogen and oxygen atoms in total. The van der Waals surface area contributed by atoms with Gasteiger partial charge in [-0.25, -0.2) is 5.84 Å². The Morgan fingerprint density at radius 1 is 1.23 bits per heavy atom. The van der Waals surface area contributed by atoms with Crippen LogP contribution < -0.4 is 16.6 Å². The van der Waals surface area contributed by atoms with Gasteiger partial charge in [0.25, 0.3) is 0 Å². The second kappa shape index (κ2) is 5.84. The number of hydrogen-bond acceptors (Lipinski definition) is 6. The number of amides is 1. The van der Waals surface area contributed by atoms with Gasteiger partial charge in [-0.15, -0.1) is 0 Å². The van der Waals surface area contributed by atoms with E-state index in [4.69, 9.17) is 21.2 Å². The lowest BCUT2D eigenvalue weighted by atomic mass is 10.0. The zero-order valence-corrected chi connectivity index (χ0v) is 7.16. The molecule has 1 amide bonds. The number of aliphatic hydroxyl groups is 3. The molecule has 78 valence electrons. The number of rotatable bonds is 6. The Kier molecular flexibility index (Phi) is 5.51. The summed E-state index contributed by atoms with van der Waals surface area (Å²) in [5.74, 6) is 4.30. The van der Waals surface area contributed by atoms with E-state index in [0.717, 1.165) is 0 Å². The van der Waals surface area contributed by atoms with Crippen LogP contribution in [0.15, 0.2) is 0 Å². The topological polar surface area (TPSA) is 128 Å². The van der Waals surface area contributed by atoms with Crippen molar-refractivity contribution in [2.45, 2.75) is 5.54 Å². The highest BCUT2D eigenvalue weighted by molar-refractivity contribution is 5.77. The Bertz CT molecular complexity index is 152. The largest absolute Gasteiger partial charge is 0.394 e. The van der Waals surface area contributed by atoms with Crippen LogP contribution in [0.5, 0.6) is 0 Å². The van der Waals surface area contributed by atoms with Crippen molar-refractivity contribution < 1.29 is 20.1 Å². The molecule has 0 heterocycles. The Morgan fingerprint density at radius 3 is 2.00 bits per heavy atom. The molecule has 0 atom stereocenters. The first-order valence-corrected chi connectivity index (χ1v) is 3.71. The average molecular weight is 193 g/mol. The number of nitrogens with two attached hydrogens (primary N) is 1. The van der Waals surface area contributed by atoms with E-state index >= 15 is 0 Å². The fourth-order valence-corrected chi connectivity index (χ4v) is 0.637. The van der Waals surface area contributed by atoms with Gasteiger partial charge in [0.1, 0.15) is 0 Å². The van der Waals surface area contributed by atoms with Gasteiger partial charge in [-0.1, -0.05) is 0 Å². The van der Waals surface area contributed by atoms with Gasteiger partial charge in [-0.2, -0.15) is 0 Å². The van der Waals surface area contributed by atoms with Crippen LogP contribution in [-0.4, -0.2) is 53.1 Å². The van der Waals surface area contributed by atoms with Gasteiger partial charge < -0.3 is 15.3 Å². The molecule has 0 spiro atoms. The first-order valence-electron chi connectivity index (χ1n) is 3.71. The number of hydrogen-bond donors (Lipinski definition) is 6. The fourth-order valence-electron chi connectivity index (χ4n) is 0.637. The fraction of sp³-hybridized carbons (Fsp3) is 0.833. The summed E-state index contributed by atoms with van der Waals surface area (Å²) in [6, 6.07) is 0. The smallest absolute Gasteiger partial charge is 0.247 e. The van der Waals surface area contributed by atoms with Crippen molar-refractivity contribution in [3.63, 3.8) is 0 Å². The summed E-state index contributed by atoms with van der Waals surface area (Å²) in [5.41, 5.74) is 0.620. The first kappa shape index (κ1) is 12.3. The highest BCUT2D eigenvalue weighted by atomic mass is 16.3. The minimum atomic E-state index is -1.24. The second-order valence-electron chi connectivity index (χ2n) is 2.68. The van der Waals surface area contributed by atoms with E-state index in [0.29, 0.717) is 0 Å². The number of hydrazine groups is 1. The van der Waals surface area contributed by atoms with Crippen molar-refractivity contribution >= 4 is 5.91 Å². The summed E-state index contributed by atoms with van der Waals surface area (Å²) in [5, 5.41) is 28.9. The molecule has 7 N–H and O–H groups in total. The van der Waals surface area contributed by atoms with Crippen LogP contribution in [0.1, 0.15) is 0 Å². The summed E-state index contributed by atoms with van der Waals surface area (Å²) in [4.78, 5) is 10.7. The molecule has 0 aromatic heterocycles. The van der Waals surface area contributed by atoms with Crippen LogP contribution in [-0.2, 0) is 4.79 Å². The predicted octanol–water partition coefficient (Wildman–Crippen LogP) is -3.72. The summed E-state index contributed by atoms with van der Waals surface area (Å²) in [7, 11) is 0. The second-order valence-corrected chi connectivity index (χ2v) is 2.68. The standard InChI is InChI=1S/C6H15N3O4/c7-9-5(13)1-8-6(2-10,3-11)4-12/h8,10-12H,1-4,7H2,(H,9,13). The van der Waals surface area contributed by atoms with Gasteiger partial charge >= 0.3 is 0 Å². The van der Waals surface area contributed by atoms with Gasteiger partial charge in [0.15, 0.2) is 0 Å². The molecule has 0 aromatic rings. The number of carbonyl (C=O) groups excluding carboxylic acids is 1. The highest BCUT2D eigenvalue weighted by Gasteiger charge is 2.27. The lowest BCUT2D eigenvalue weighted by Crippen LogP contribution is -2.57. The van der Waals surface area contributed by atoms with E-state index in [2.05, 4.69) is 5.32 Å². The molecule has 0 aliphatic carbocycles. The maximum atomic E-state index is 10.7. The quantitative estimate of drug-likeness (QED) is 0.146. The summed E-state index contributed by atoms with van der Waals surface area (Å²) >= 11 is 0. The van der Waals surface area contributed by atoms with Crippen molar-refractivity contribution in [3.05, 3.63) is 0 Å². The monoisotopic (exact) mass is 193 g/mol. The number of carbonyl (C=O) groups is 1. The van der Waals surface area contributed by atoms with Gasteiger partial charge in [-0.05, 0) is 0 Å². The Morgan fingerprint density at radius 2 is 1.69 bits per heavy atom. The first-order chi connectivity index (χ1) is 6.14. The van der Waals surface area contributed by atoms with Gasteiger partial charge in [0, 0.05) is 0 Å². The molecule has 0 radical (unpaired) electrons. The lowest BCUT2D eigenvalue weighted by Gasteiger charge is -2.28. The molecule has 0 rings (SSSR count). The molecular formula is C6H15N3O4. The van der Waals surface area contributed by atoms with Crippen LogP contribution in [0.2, 0.25) is 0 Å². The van der Waals surface area contributed by atoms with Crippen LogP contribution in [0.25, 0.3) is 0 Å². The molecule has 0 aliphatic rings. The zero-order chi connectivity index (χ0) is 10.3. The molecule has 13 heavy (non-hydrogen) atoms. The third kappa shape index (κ3) is 3.66. The van der Waals surface area contributed by atoms with Crippen molar-refractivity contribution in [3.8, 4) is 0 Å². The van der Waals surface area contributed by atoms with E-state index in [1.54, 1.807) is 0 Å². The molecule has 0 bridgehead atoms. The molecular weight excluding hydrogens is 178 g/mol. The molecule has 0 saturated heterocycles. The van der Waals surface area contributed by atoms with Gasteiger partial charge in [-0.3, -0.25) is 15.5 Å². The van der Waals surface area contributed by atoms with Crippen LogP contribution >= 0.6 is 0 Å². The SMILES string of the molecule is NNC(=O)CNC(CO)(CO)CO. The summed E-state index contributed by atoms with van der Waals surface area (Å²) in [6.45, 7) is -1.61. The highest BCUT2D eigenvalue weighted by Crippen LogP contribution is 1.99. The maximum absolute atomic E-state index is 10.7. The molecule has 0 aliphatic heterocycles. The van der Waals surface area contributed by atoms with Gasteiger partial charge in [0.05, 0.1) is 31.9 Å². The van der Waals surface area contributed by atoms with E-state index in [-0.39, 0.29) is 6.54 Å². The predicted molar refractivity (Wildman–Crippen MR) is 44.3 cm³/mol. The minimum absolute atomic E-state index is 0.182. The summed E-state index contributed by atoms with van der Waals surface area (Å²) < 4.78 is 0. The third-order valence-corrected chi connectivity index (χ3v) is 1.69. The Labute approximate surface area is 75.5 Å². The summed E-state index contributed by atoms with van der Waals surface area (Å²) in [6.07, 6.45) is 0. The lowest BCUT2D eigenvalue weighted by molar-refractivity contribution is -0.121. The van der Waals surface area contributed by atoms with Crippen molar-refractivity contribution in [1.82, 2.24) is 10.7 Å². The number of nitrogens with one attached hydrogen (secondary N) is 2. The minimum Gasteiger partial charge on any atom is -0.394 e. The molecule has 0 fully saturated rings. The Hall–Kier alpha value is -0.730. The average Bonchev–Trinajstić information content (AvgIpc) is 2.20. The normalized spacial score (nSPS) is 11.4. The van der Waals surface area contributed by atoms with E-state index in [1.165, 1.54) is 0 Å². The number of aliphatic hydroxyl groups excluding tert-OH is 3. The van der Waals surface area contributed by atoms with Gasteiger partial charge in [0.2, 0.25) is 5.91 Å². The van der Waals surface area contributed by atoms with E-state index in [9.17, 15) is 4.79 Å². The Balaban J connectivity index is 4.02. The molecule has 7 heteroatoms. The van der Waals surface area contributed by atoms with E-state index in [1.807, 2.05) is 5.43 Å². The van der Waals surface area contributed by atoms with E-state index < -0.39 is 31.3 Å². The third-order valence-electron chi connectivity index (χ3n) is 1.69. The van der Waals surface area contributed by atoms with Crippen LogP contribution in [0.4, 0.5) is 0 Å². The van der Waals surface area contributed by atoms with Crippen molar-refractivity contribution in [1.29, 1.82) is 0 Å². The molecule has 0 saturated carbocycles. The molecule has 0 aromatic carbocycles. The maximum Gasteiger partial charge on any atom is 0.247 e. The van der Waals surface area contributed by atoms with Crippen LogP contribution in [0.3, 0.4) is 0 Å². The zero-order valence-electron chi connectivity index (χ0n) is 7.16. The van der Waals surface area contributed by atoms with Crippen molar-refractivity contribution in [2.24, 2.45) is 5.84 Å². The van der Waals surface area contributed by atoms with Crippen molar-refractivity contribution in [2.75, 3.05) is 26.4 Å².